The Morgan fingerprint density at radius 2 is 2.00 bits per heavy atom. The summed E-state index contributed by atoms with van der Waals surface area (Å²) in [6.45, 7) is 6.60. The molecule has 4 heteroatoms. The van der Waals surface area contributed by atoms with E-state index in [2.05, 4.69) is 12.8 Å². The second-order valence-electron chi connectivity index (χ2n) is 3.46. The van der Waals surface area contributed by atoms with Crippen molar-refractivity contribution in [2.75, 3.05) is 6.54 Å². The number of nitrogens with two attached hydrogens (primary N) is 1. The maximum Gasteiger partial charge on any atom is 0.324 e. The SMILES string of the molecule is CC(C)(C)CN(S)C(N)=O. The molecular formula is C6H14N2OS. The molecule has 0 atom stereocenters. The monoisotopic (exact) mass is 162 g/mol. The summed E-state index contributed by atoms with van der Waals surface area (Å²) >= 11 is 3.88. The van der Waals surface area contributed by atoms with Crippen LogP contribution in [-0.2, 0) is 0 Å². The highest BCUT2D eigenvalue weighted by Crippen LogP contribution is 2.15. The number of thiol groups is 1. The van der Waals surface area contributed by atoms with E-state index in [1.807, 2.05) is 20.8 Å². The summed E-state index contributed by atoms with van der Waals surface area (Å²) in [5.41, 5.74) is 5.01. The zero-order chi connectivity index (χ0) is 8.36. The van der Waals surface area contributed by atoms with Crippen molar-refractivity contribution >= 4 is 18.8 Å². The molecular weight excluding hydrogens is 148 g/mol. The van der Waals surface area contributed by atoms with E-state index in [0.717, 1.165) is 0 Å². The lowest BCUT2D eigenvalue weighted by Gasteiger charge is -2.23. The van der Waals surface area contributed by atoms with Crippen LogP contribution in [0.5, 0.6) is 0 Å². The summed E-state index contributed by atoms with van der Waals surface area (Å²) in [6.07, 6.45) is 0. The molecule has 0 bridgehead atoms. The second-order valence-corrected chi connectivity index (χ2v) is 3.94. The van der Waals surface area contributed by atoms with Crippen LogP contribution < -0.4 is 5.73 Å². The van der Waals surface area contributed by atoms with Gasteiger partial charge in [0.05, 0.1) is 0 Å². The minimum absolute atomic E-state index is 0.0524. The molecule has 0 aromatic carbocycles. The highest BCUT2D eigenvalue weighted by Gasteiger charge is 2.15. The van der Waals surface area contributed by atoms with Gasteiger partial charge in [-0.3, -0.25) is 4.31 Å². The molecule has 0 heterocycles. The third kappa shape index (κ3) is 4.49. The Kier molecular flexibility index (Phi) is 3.02. The van der Waals surface area contributed by atoms with Gasteiger partial charge in [0.1, 0.15) is 0 Å². The molecule has 0 aliphatic rings. The van der Waals surface area contributed by atoms with Crippen LogP contribution in [0.1, 0.15) is 20.8 Å². The maximum atomic E-state index is 10.4. The molecule has 2 N–H and O–H groups in total. The predicted octanol–water partition coefficient (Wildman–Crippen LogP) is 1.26. The van der Waals surface area contributed by atoms with E-state index < -0.39 is 6.03 Å². The molecule has 0 unspecified atom stereocenters. The van der Waals surface area contributed by atoms with E-state index in [9.17, 15) is 4.79 Å². The first-order valence-corrected chi connectivity index (χ1v) is 3.49. The highest BCUT2D eigenvalue weighted by molar-refractivity contribution is 7.78. The average molecular weight is 162 g/mol. The summed E-state index contributed by atoms with van der Waals surface area (Å²) in [4.78, 5) is 10.4. The third-order valence-corrected chi connectivity index (χ3v) is 1.22. The van der Waals surface area contributed by atoms with E-state index in [0.29, 0.717) is 6.54 Å². The minimum Gasteiger partial charge on any atom is -0.351 e. The van der Waals surface area contributed by atoms with Crippen molar-refractivity contribution in [3.05, 3.63) is 0 Å². The zero-order valence-electron chi connectivity index (χ0n) is 6.59. The standard InChI is InChI=1S/C6H14N2OS/c1-6(2,3)4-8(10)5(7)9/h10H,4H2,1-3H3,(H2,7,9). The van der Waals surface area contributed by atoms with Gasteiger partial charge < -0.3 is 5.73 Å². The largest absolute Gasteiger partial charge is 0.351 e. The first-order valence-electron chi connectivity index (χ1n) is 3.09. The van der Waals surface area contributed by atoms with Gasteiger partial charge in [0.2, 0.25) is 0 Å². The van der Waals surface area contributed by atoms with Gasteiger partial charge in [-0.2, -0.15) is 0 Å². The van der Waals surface area contributed by atoms with E-state index in [-0.39, 0.29) is 5.41 Å². The Morgan fingerprint density at radius 1 is 1.60 bits per heavy atom. The number of rotatable bonds is 1. The van der Waals surface area contributed by atoms with Crippen molar-refractivity contribution < 1.29 is 4.79 Å². The number of hydrogen-bond acceptors (Lipinski definition) is 2. The second kappa shape index (κ2) is 3.14. The summed E-state index contributed by atoms with van der Waals surface area (Å²) in [7, 11) is 0. The smallest absolute Gasteiger partial charge is 0.324 e. The van der Waals surface area contributed by atoms with Gasteiger partial charge in [0.15, 0.2) is 0 Å². The first kappa shape index (κ1) is 9.62. The zero-order valence-corrected chi connectivity index (χ0v) is 7.48. The summed E-state index contributed by atoms with van der Waals surface area (Å²) in [5.74, 6) is 0. The summed E-state index contributed by atoms with van der Waals surface area (Å²) in [6, 6.07) is -0.502. The van der Waals surface area contributed by atoms with Crippen LogP contribution in [-0.4, -0.2) is 16.9 Å². The number of primary amides is 1. The van der Waals surface area contributed by atoms with Gasteiger partial charge in [-0.1, -0.05) is 33.6 Å². The Labute approximate surface area is 67.1 Å². The molecule has 10 heavy (non-hydrogen) atoms. The van der Waals surface area contributed by atoms with Crippen molar-refractivity contribution in [1.82, 2.24) is 4.31 Å². The Balaban J connectivity index is 3.80. The van der Waals surface area contributed by atoms with Crippen molar-refractivity contribution in [3.8, 4) is 0 Å². The fourth-order valence-corrected chi connectivity index (χ4v) is 0.951. The third-order valence-electron chi connectivity index (χ3n) is 0.879. The fraction of sp³-hybridized carbons (Fsp3) is 0.833. The average Bonchev–Trinajstić information content (AvgIpc) is 1.60. The molecule has 0 fully saturated rings. The molecule has 0 spiro atoms. The molecule has 0 rings (SSSR count). The number of amides is 2. The van der Waals surface area contributed by atoms with Gasteiger partial charge in [-0.25, -0.2) is 4.79 Å². The molecule has 0 saturated carbocycles. The predicted molar refractivity (Wildman–Crippen MR) is 44.7 cm³/mol. The van der Waals surface area contributed by atoms with Crippen LogP contribution >= 0.6 is 12.8 Å². The highest BCUT2D eigenvalue weighted by atomic mass is 32.1. The molecule has 0 aromatic heterocycles. The van der Waals surface area contributed by atoms with Gasteiger partial charge in [0.25, 0.3) is 0 Å². The number of nitrogens with zero attached hydrogens (tertiary/aromatic N) is 1. The quantitative estimate of drug-likeness (QED) is 0.560. The van der Waals surface area contributed by atoms with Crippen LogP contribution in [0.4, 0.5) is 4.79 Å². The Bertz CT molecular complexity index is 130. The normalized spacial score (nSPS) is 11.2. The van der Waals surface area contributed by atoms with Gasteiger partial charge in [-0.15, -0.1) is 0 Å². The Hall–Kier alpha value is -0.380. The van der Waals surface area contributed by atoms with Crippen molar-refractivity contribution in [2.24, 2.45) is 11.1 Å². The number of hydrogen-bond donors (Lipinski definition) is 2. The first-order chi connectivity index (χ1) is 4.33. The minimum atomic E-state index is -0.502. The molecule has 0 radical (unpaired) electrons. The summed E-state index contributed by atoms with van der Waals surface area (Å²) < 4.78 is 1.21. The molecule has 0 aliphatic carbocycles. The van der Waals surface area contributed by atoms with E-state index in [1.165, 1.54) is 4.31 Å². The molecule has 0 aliphatic heterocycles. The topological polar surface area (TPSA) is 46.3 Å². The molecule has 0 aromatic rings. The lowest BCUT2D eigenvalue weighted by atomic mass is 9.97. The van der Waals surface area contributed by atoms with Crippen LogP contribution in [0, 0.1) is 5.41 Å². The number of carbonyl (C=O) groups is 1. The van der Waals surface area contributed by atoms with Crippen molar-refractivity contribution in [2.45, 2.75) is 20.8 Å². The van der Waals surface area contributed by atoms with Crippen molar-refractivity contribution in [3.63, 3.8) is 0 Å². The van der Waals surface area contributed by atoms with Crippen LogP contribution in [0.2, 0.25) is 0 Å². The molecule has 60 valence electrons. The lowest BCUT2D eigenvalue weighted by Crippen LogP contribution is -2.34. The molecule has 3 nitrogen and oxygen atoms in total. The summed E-state index contributed by atoms with van der Waals surface area (Å²) in [5, 5.41) is 0. The Morgan fingerprint density at radius 3 is 2.10 bits per heavy atom. The molecule has 2 amide bonds. The van der Waals surface area contributed by atoms with Crippen molar-refractivity contribution in [1.29, 1.82) is 0 Å². The van der Waals surface area contributed by atoms with Gasteiger partial charge in [-0.05, 0) is 5.41 Å². The van der Waals surface area contributed by atoms with Crippen LogP contribution in [0.15, 0.2) is 0 Å². The van der Waals surface area contributed by atoms with Crippen LogP contribution in [0.25, 0.3) is 0 Å². The molecule has 0 saturated heterocycles. The van der Waals surface area contributed by atoms with E-state index in [4.69, 9.17) is 5.73 Å². The van der Waals surface area contributed by atoms with E-state index >= 15 is 0 Å². The number of carbonyl (C=O) groups excluding carboxylic acids is 1. The van der Waals surface area contributed by atoms with Gasteiger partial charge in [0, 0.05) is 6.54 Å². The van der Waals surface area contributed by atoms with Crippen LogP contribution in [0.3, 0.4) is 0 Å². The van der Waals surface area contributed by atoms with E-state index in [1.54, 1.807) is 0 Å². The maximum absolute atomic E-state index is 10.4. The number of urea groups is 1. The van der Waals surface area contributed by atoms with Gasteiger partial charge >= 0.3 is 6.03 Å². The fourth-order valence-electron chi connectivity index (χ4n) is 0.527. The lowest BCUT2D eigenvalue weighted by molar-refractivity contribution is 0.223.